The highest BCUT2D eigenvalue weighted by Crippen LogP contribution is 2.20. The van der Waals surface area contributed by atoms with E-state index in [1.165, 1.54) is 0 Å². The molecule has 1 aliphatic heterocycles. The van der Waals surface area contributed by atoms with Gasteiger partial charge in [-0.2, -0.15) is 0 Å². The second-order valence-corrected chi connectivity index (χ2v) is 6.84. The molecular weight excluding hydrogens is 258 g/mol. The molecule has 20 heavy (non-hydrogen) atoms. The van der Waals surface area contributed by atoms with Crippen molar-refractivity contribution in [2.75, 3.05) is 6.61 Å². The highest BCUT2D eigenvalue weighted by Gasteiger charge is 2.34. The number of carbonyl (C=O) groups is 2. The molecule has 1 N–H and O–H groups in total. The van der Waals surface area contributed by atoms with Crippen LogP contribution < -0.4 is 5.32 Å². The lowest BCUT2D eigenvalue weighted by atomic mass is 10.0. The Morgan fingerprint density at radius 2 is 1.90 bits per heavy atom. The fourth-order valence-electron chi connectivity index (χ4n) is 2.13. The molecule has 2 unspecified atom stereocenters. The Kier molecular flexibility index (Phi) is 5.57. The third kappa shape index (κ3) is 5.12. The molecule has 1 rings (SSSR count). The van der Waals surface area contributed by atoms with E-state index >= 15 is 0 Å². The first kappa shape index (κ1) is 17.0. The van der Waals surface area contributed by atoms with Gasteiger partial charge in [-0.3, -0.25) is 4.79 Å². The molecule has 5 heteroatoms. The highest BCUT2D eigenvalue weighted by atomic mass is 16.6. The van der Waals surface area contributed by atoms with Crippen molar-refractivity contribution in [2.24, 2.45) is 11.8 Å². The van der Waals surface area contributed by atoms with Gasteiger partial charge in [0.15, 0.2) is 0 Å². The number of hydrogen-bond acceptors (Lipinski definition) is 4. The van der Waals surface area contributed by atoms with Gasteiger partial charge in [0.2, 0.25) is 5.91 Å². The summed E-state index contributed by atoms with van der Waals surface area (Å²) in [6, 6.07) is -0.613. The minimum absolute atomic E-state index is 0.0199. The van der Waals surface area contributed by atoms with Gasteiger partial charge >= 0.3 is 5.97 Å². The SMILES string of the molecule is CC1CC(C(=O)N[C@H](C(=O)OC(C)(C)C)C(C)C)CO1. The lowest BCUT2D eigenvalue weighted by Gasteiger charge is -2.27. The number of amides is 1. The third-order valence-electron chi connectivity index (χ3n) is 3.19. The molecule has 0 aromatic carbocycles. The van der Waals surface area contributed by atoms with Crippen molar-refractivity contribution in [3.63, 3.8) is 0 Å². The maximum Gasteiger partial charge on any atom is 0.329 e. The summed E-state index contributed by atoms with van der Waals surface area (Å²) in [5, 5.41) is 2.81. The summed E-state index contributed by atoms with van der Waals surface area (Å²) in [5.41, 5.74) is -0.556. The standard InChI is InChI=1S/C15H27NO4/c1-9(2)12(14(18)20-15(4,5)6)16-13(17)11-7-10(3)19-8-11/h9-12H,7-8H2,1-6H3,(H,16,17)/t10?,11?,12-/m0/s1. The first-order chi connectivity index (χ1) is 9.10. The molecule has 1 heterocycles. The second kappa shape index (κ2) is 6.57. The molecule has 1 fully saturated rings. The molecule has 0 aromatic rings. The van der Waals surface area contributed by atoms with Crippen LogP contribution in [0.15, 0.2) is 0 Å². The van der Waals surface area contributed by atoms with Crippen LogP contribution >= 0.6 is 0 Å². The van der Waals surface area contributed by atoms with Crippen LogP contribution in [0.25, 0.3) is 0 Å². The topological polar surface area (TPSA) is 64.6 Å². The summed E-state index contributed by atoms with van der Waals surface area (Å²) < 4.78 is 10.8. The molecule has 0 radical (unpaired) electrons. The van der Waals surface area contributed by atoms with E-state index < -0.39 is 11.6 Å². The van der Waals surface area contributed by atoms with Gasteiger partial charge < -0.3 is 14.8 Å². The van der Waals surface area contributed by atoms with Crippen LogP contribution in [0.2, 0.25) is 0 Å². The molecule has 0 spiro atoms. The first-order valence-corrected chi connectivity index (χ1v) is 7.25. The first-order valence-electron chi connectivity index (χ1n) is 7.25. The number of ether oxygens (including phenoxy) is 2. The van der Waals surface area contributed by atoms with Crippen molar-refractivity contribution in [3.8, 4) is 0 Å². The monoisotopic (exact) mass is 285 g/mol. The average Bonchev–Trinajstić information content (AvgIpc) is 2.69. The number of rotatable bonds is 4. The van der Waals surface area contributed by atoms with E-state index in [1.807, 2.05) is 41.5 Å². The molecule has 0 bridgehead atoms. The molecule has 1 amide bonds. The molecular formula is C15H27NO4. The molecule has 5 nitrogen and oxygen atoms in total. The van der Waals surface area contributed by atoms with Crippen LogP contribution in [-0.4, -0.2) is 36.2 Å². The van der Waals surface area contributed by atoms with Crippen LogP contribution in [0.1, 0.15) is 48.0 Å². The Bertz CT molecular complexity index is 359. The minimum Gasteiger partial charge on any atom is -0.458 e. The Labute approximate surface area is 121 Å². The average molecular weight is 285 g/mol. The molecule has 3 atom stereocenters. The predicted molar refractivity (Wildman–Crippen MR) is 76.1 cm³/mol. The molecule has 1 aliphatic rings. The third-order valence-corrected chi connectivity index (χ3v) is 3.19. The number of carbonyl (C=O) groups excluding carboxylic acids is 2. The zero-order valence-electron chi connectivity index (χ0n) is 13.4. The van der Waals surface area contributed by atoms with Gasteiger partial charge in [0, 0.05) is 0 Å². The maximum absolute atomic E-state index is 12.2. The molecule has 1 saturated heterocycles. The summed E-state index contributed by atoms with van der Waals surface area (Å²) >= 11 is 0. The fraction of sp³-hybridized carbons (Fsp3) is 0.867. The lowest BCUT2D eigenvalue weighted by molar-refractivity contribution is -0.160. The Morgan fingerprint density at radius 1 is 1.30 bits per heavy atom. The smallest absolute Gasteiger partial charge is 0.329 e. The zero-order chi connectivity index (χ0) is 15.5. The summed E-state index contributed by atoms with van der Waals surface area (Å²) in [6.45, 7) is 11.6. The van der Waals surface area contributed by atoms with Gasteiger partial charge in [0.05, 0.1) is 18.6 Å². The van der Waals surface area contributed by atoms with E-state index in [2.05, 4.69) is 5.32 Å². The van der Waals surface area contributed by atoms with Crippen LogP contribution in [0, 0.1) is 11.8 Å². The maximum atomic E-state index is 12.2. The Morgan fingerprint density at radius 3 is 2.30 bits per heavy atom. The number of esters is 1. The van der Waals surface area contributed by atoms with E-state index in [0.29, 0.717) is 13.0 Å². The summed E-state index contributed by atoms with van der Waals surface area (Å²) in [5.74, 6) is -0.700. The van der Waals surface area contributed by atoms with E-state index in [4.69, 9.17) is 9.47 Å². The molecule has 116 valence electrons. The van der Waals surface area contributed by atoms with Gasteiger partial charge in [-0.1, -0.05) is 13.8 Å². The largest absolute Gasteiger partial charge is 0.458 e. The predicted octanol–water partition coefficient (Wildman–Crippen LogP) is 1.89. The van der Waals surface area contributed by atoms with E-state index in [0.717, 1.165) is 0 Å². The highest BCUT2D eigenvalue weighted by molar-refractivity contribution is 5.86. The van der Waals surface area contributed by atoms with Gasteiger partial charge in [0.25, 0.3) is 0 Å². The fourth-order valence-corrected chi connectivity index (χ4v) is 2.13. The van der Waals surface area contributed by atoms with Crippen molar-refractivity contribution < 1.29 is 19.1 Å². The lowest BCUT2D eigenvalue weighted by Crippen LogP contribution is -2.49. The van der Waals surface area contributed by atoms with Gasteiger partial charge in [0.1, 0.15) is 11.6 Å². The van der Waals surface area contributed by atoms with Crippen LogP contribution in [0.5, 0.6) is 0 Å². The van der Waals surface area contributed by atoms with E-state index in [9.17, 15) is 9.59 Å². The van der Waals surface area contributed by atoms with Crippen molar-refractivity contribution >= 4 is 11.9 Å². The van der Waals surface area contributed by atoms with E-state index in [-0.39, 0.29) is 29.8 Å². The van der Waals surface area contributed by atoms with Gasteiger partial charge in [-0.15, -0.1) is 0 Å². The zero-order valence-corrected chi connectivity index (χ0v) is 13.4. The Balaban J connectivity index is 2.63. The van der Waals surface area contributed by atoms with E-state index in [1.54, 1.807) is 0 Å². The second-order valence-electron chi connectivity index (χ2n) is 6.84. The summed E-state index contributed by atoms with van der Waals surface area (Å²) in [7, 11) is 0. The van der Waals surface area contributed by atoms with Crippen LogP contribution in [0.4, 0.5) is 0 Å². The molecule has 0 aromatic heterocycles. The van der Waals surface area contributed by atoms with Gasteiger partial charge in [-0.05, 0) is 40.0 Å². The number of hydrogen-bond donors (Lipinski definition) is 1. The quantitative estimate of drug-likeness (QED) is 0.801. The van der Waals surface area contributed by atoms with Crippen molar-refractivity contribution in [1.29, 1.82) is 0 Å². The van der Waals surface area contributed by atoms with Crippen LogP contribution in [0.3, 0.4) is 0 Å². The molecule has 0 aliphatic carbocycles. The number of nitrogens with one attached hydrogen (secondary N) is 1. The molecule has 0 saturated carbocycles. The van der Waals surface area contributed by atoms with Crippen molar-refractivity contribution in [3.05, 3.63) is 0 Å². The Hall–Kier alpha value is -1.10. The summed E-state index contributed by atoms with van der Waals surface area (Å²) in [4.78, 5) is 24.3. The van der Waals surface area contributed by atoms with Gasteiger partial charge in [-0.25, -0.2) is 4.79 Å². The van der Waals surface area contributed by atoms with Crippen molar-refractivity contribution in [1.82, 2.24) is 5.32 Å². The van der Waals surface area contributed by atoms with Crippen molar-refractivity contribution in [2.45, 2.75) is 65.7 Å². The summed E-state index contributed by atoms with van der Waals surface area (Å²) in [6.07, 6.45) is 0.801. The van der Waals surface area contributed by atoms with Crippen LogP contribution in [-0.2, 0) is 19.1 Å². The normalized spacial score (nSPS) is 24.6. The minimum atomic E-state index is -0.613.